The van der Waals surface area contributed by atoms with Crippen LogP contribution in [0.1, 0.15) is 5.56 Å². The molecule has 0 saturated heterocycles. The van der Waals surface area contributed by atoms with Crippen LogP contribution in [0.2, 0.25) is 0 Å². The summed E-state index contributed by atoms with van der Waals surface area (Å²) in [5, 5.41) is 0.769. The minimum absolute atomic E-state index is 0.554. The SMILES string of the molecule is Fc1cc(F)cc(-c2ccc(CBr)cc2)c1. The zero-order valence-electron chi connectivity index (χ0n) is 8.38. The average molecular weight is 283 g/mol. The second kappa shape index (κ2) is 4.74. The predicted octanol–water partition coefficient (Wildman–Crippen LogP) is 4.53. The van der Waals surface area contributed by atoms with Crippen molar-refractivity contribution in [2.45, 2.75) is 5.33 Å². The molecule has 0 aliphatic heterocycles. The molecule has 0 heterocycles. The lowest BCUT2D eigenvalue weighted by Crippen LogP contribution is -1.84. The Kier molecular flexibility index (Phi) is 3.34. The highest BCUT2D eigenvalue weighted by Gasteiger charge is 2.02. The van der Waals surface area contributed by atoms with Crippen LogP contribution >= 0.6 is 15.9 Å². The first-order valence-corrected chi connectivity index (χ1v) is 5.92. The van der Waals surface area contributed by atoms with Crippen molar-refractivity contribution in [1.82, 2.24) is 0 Å². The molecule has 0 N–H and O–H groups in total. The molecule has 82 valence electrons. The highest BCUT2D eigenvalue weighted by molar-refractivity contribution is 9.08. The van der Waals surface area contributed by atoms with Gasteiger partial charge in [0.25, 0.3) is 0 Å². The number of hydrogen-bond acceptors (Lipinski definition) is 0. The van der Waals surface area contributed by atoms with Gasteiger partial charge in [-0.3, -0.25) is 0 Å². The lowest BCUT2D eigenvalue weighted by molar-refractivity contribution is 0.584. The van der Waals surface area contributed by atoms with Crippen LogP contribution in [0.5, 0.6) is 0 Å². The standard InChI is InChI=1S/C13H9BrF2/c14-8-9-1-3-10(4-2-9)11-5-12(15)7-13(16)6-11/h1-7H,8H2. The number of halogens is 3. The molecule has 3 heteroatoms. The Balaban J connectivity index is 2.42. The van der Waals surface area contributed by atoms with Crippen LogP contribution in [0.25, 0.3) is 11.1 Å². The average Bonchev–Trinajstić information content (AvgIpc) is 2.28. The molecule has 16 heavy (non-hydrogen) atoms. The van der Waals surface area contributed by atoms with Gasteiger partial charge in [0.1, 0.15) is 11.6 Å². The summed E-state index contributed by atoms with van der Waals surface area (Å²) in [5.74, 6) is -1.11. The van der Waals surface area contributed by atoms with Crippen LogP contribution < -0.4 is 0 Å². The smallest absolute Gasteiger partial charge is 0.126 e. The fraction of sp³-hybridized carbons (Fsp3) is 0.0769. The van der Waals surface area contributed by atoms with Crippen molar-refractivity contribution in [2.75, 3.05) is 0 Å². The summed E-state index contributed by atoms with van der Waals surface area (Å²) in [4.78, 5) is 0. The lowest BCUT2D eigenvalue weighted by Gasteiger charge is -2.03. The van der Waals surface area contributed by atoms with Crippen LogP contribution in [0.3, 0.4) is 0 Å². The van der Waals surface area contributed by atoms with E-state index in [1.807, 2.05) is 24.3 Å². The van der Waals surface area contributed by atoms with Gasteiger partial charge in [0.05, 0.1) is 0 Å². The Labute approximate surface area is 101 Å². The number of benzene rings is 2. The van der Waals surface area contributed by atoms with Crippen molar-refractivity contribution in [2.24, 2.45) is 0 Å². The van der Waals surface area contributed by atoms with Crippen molar-refractivity contribution in [1.29, 1.82) is 0 Å². The van der Waals surface area contributed by atoms with Gasteiger partial charge in [0.15, 0.2) is 0 Å². The molecule has 0 unspecified atom stereocenters. The van der Waals surface area contributed by atoms with E-state index in [1.54, 1.807) is 0 Å². The van der Waals surface area contributed by atoms with Gasteiger partial charge in [0.2, 0.25) is 0 Å². The van der Waals surface area contributed by atoms with Crippen molar-refractivity contribution >= 4 is 15.9 Å². The molecule has 0 aliphatic rings. The topological polar surface area (TPSA) is 0 Å². The fourth-order valence-electron chi connectivity index (χ4n) is 1.51. The monoisotopic (exact) mass is 282 g/mol. The molecule has 0 aliphatic carbocycles. The molecule has 0 nitrogen and oxygen atoms in total. The molecule has 0 spiro atoms. The molecule has 2 aromatic carbocycles. The molecule has 0 radical (unpaired) electrons. The summed E-state index contributed by atoms with van der Waals surface area (Å²) >= 11 is 3.34. The Morgan fingerprint density at radius 2 is 1.38 bits per heavy atom. The van der Waals surface area contributed by atoms with Crippen LogP contribution in [-0.4, -0.2) is 0 Å². The van der Waals surface area contributed by atoms with E-state index in [1.165, 1.54) is 12.1 Å². The van der Waals surface area contributed by atoms with Gasteiger partial charge in [-0.2, -0.15) is 0 Å². The number of alkyl halides is 1. The van der Waals surface area contributed by atoms with Gasteiger partial charge in [-0.05, 0) is 28.8 Å². The van der Waals surface area contributed by atoms with Crippen molar-refractivity contribution in [3.05, 3.63) is 59.7 Å². The summed E-state index contributed by atoms with van der Waals surface area (Å²) in [5.41, 5.74) is 2.49. The number of rotatable bonds is 2. The highest BCUT2D eigenvalue weighted by atomic mass is 79.9. The third-order valence-electron chi connectivity index (χ3n) is 2.30. The van der Waals surface area contributed by atoms with Crippen molar-refractivity contribution in [3.63, 3.8) is 0 Å². The largest absolute Gasteiger partial charge is 0.207 e. The van der Waals surface area contributed by atoms with E-state index >= 15 is 0 Å². The molecule has 0 aromatic heterocycles. The van der Waals surface area contributed by atoms with E-state index in [-0.39, 0.29) is 0 Å². The maximum Gasteiger partial charge on any atom is 0.126 e. The molecular formula is C13H9BrF2. The molecule has 0 bridgehead atoms. The van der Waals surface area contributed by atoms with Crippen LogP contribution in [0.4, 0.5) is 8.78 Å². The predicted molar refractivity (Wildman–Crippen MR) is 64.4 cm³/mol. The van der Waals surface area contributed by atoms with Crippen molar-refractivity contribution < 1.29 is 8.78 Å². The van der Waals surface area contributed by atoms with Gasteiger partial charge in [-0.15, -0.1) is 0 Å². The van der Waals surface area contributed by atoms with Crippen LogP contribution in [0, 0.1) is 11.6 Å². The lowest BCUT2D eigenvalue weighted by atomic mass is 10.0. The van der Waals surface area contributed by atoms with Gasteiger partial charge < -0.3 is 0 Å². The van der Waals surface area contributed by atoms with E-state index in [9.17, 15) is 8.78 Å². The Morgan fingerprint density at radius 1 is 0.812 bits per heavy atom. The van der Waals surface area contributed by atoms with E-state index in [4.69, 9.17) is 0 Å². The molecular weight excluding hydrogens is 274 g/mol. The van der Waals surface area contributed by atoms with Gasteiger partial charge in [-0.1, -0.05) is 40.2 Å². The fourth-order valence-corrected chi connectivity index (χ4v) is 1.88. The van der Waals surface area contributed by atoms with E-state index in [0.717, 1.165) is 22.5 Å². The second-order valence-corrected chi connectivity index (χ2v) is 4.05. The van der Waals surface area contributed by atoms with E-state index < -0.39 is 11.6 Å². The van der Waals surface area contributed by atoms with E-state index in [2.05, 4.69) is 15.9 Å². The summed E-state index contributed by atoms with van der Waals surface area (Å²) in [7, 11) is 0. The molecule has 2 rings (SSSR count). The molecule has 0 atom stereocenters. The summed E-state index contributed by atoms with van der Waals surface area (Å²) in [6.45, 7) is 0. The molecule has 0 amide bonds. The van der Waals surface area contributed by atoms with Gasteiger partial charge in [0, 0.05) is 11.4 Å². The Morgan fingerprint density at radius 3 is 1.88 bits per heavy atom. The van der Waals surface area contributed by atoms with Crippen LogP contribution in [0.15, 0.2) is 42.5 Å². The maximum absolute atomic E-state index is 13.0. The third-order valence-corrected chi connectivity index (χ3v) is 2.95. The van der Waals surface area contributed by atoms with Crippen molar-refractivity contribution in [3.8, 4) is 11.1 Å². The minimum atomic E-state index is -0.556. The highest BCUT2D eigenvalue weighted by Crippen LogP contribution is 2.22. The third kappa shape index (κ3) is 2.47. The first-order chi connectivity index (χ1) is 7.69. The summed E-state index contributed by atoms with van der Waals surface area (Å²) in [6.07, 6.45) is 0. The summed E-state index contributed by atoms with van der Waals surface area (Å²) < 4.78 is 26.0. The minimum Gasteiger partial charge on any atom is -0.207 e. The van der Waals surface area contributed by atoms with Gasteiger partial charge >= 0.3 is 0 Å². The molecule has 2 aromatic rings. The zero-order chi connectivity index (χ0) is 11.5. The quantitative estimate of drug-likeness (QED) is 0.710. The first kappa shape index (κ1) is 11.3. The second-order valence-electron chi connectivity index (χ2n) is 3.49. The van der Waals surface area contributed by atoms with Gasteiger partial charge in [-0.25, -0.2) is 8.78 Å². The zero-order valence-corrected chi connectivity index (χ0v) is 9.97. The summed E-state index contributed by atoms with van der Waals surface area (Å²) in [6, 6.07) is 11.1. The normalized spacial score (nSPS) is 10.4. The number of hydrogen-bond donors (Lipinski definition) is 0. The van der Waals surface area contributed by atoms with Crippen LogP contribution in [-0.2, 0) is 5.33 Å². The maximum atomic E-state index is 13.0. The Hall–Kier alpha value is -1.22. The van der Waals surface area contributed by atoms with E-state index in [0.29, 0.717) is 5.56 Å². The molecule has 0 fully saturated rings. The Bertz CT molecular complexity index is 472. The molecule has 0 saturated carbocycles. The first-order valence-electron chi connectivity index (χ1n) is 4.80.